The molecule has 20 heavy (non-hydrogen) atoms. The largest absolute Gasteiger partial charge is 0.483 e. The van der Waals surface area contributed by atoms with E-state index in [9.17, 15) is 9.59 Å². The highest BCUT2D eigenvalue weighted by molar-refractivity contribution is 9.10. The number of carboxylic acids is 1. The zero-order chi connectivity index (χ0) is 14.5. The molecular weight excluding hydrogens is 326 g/mol. The van der Waals surface area contributed by atoms with Crippen LogP contribution >= 0.6 is 15.9 Å². The highest BCUT2D eigenvalue weighted by atomic mass is 79.9. The lowest BCUT2D eigenvalue weighted by atomic mass is 10.2. The van der Waals surface area contributed by atoms with Gasteiger partial charge in [-0.25, -0.2) is 4.79 Å². The summed E-state index contributed by atoms with van der Waals surface area (Å²) in [7, 11) is 0. The summed E-state index contributed by atoms with van der Waals surface area (Å²) in [4.78, 5) is 22.5. The van der Waals surface area contributed by atoms with Crippen molar-refractivity contribution in [1.82, 2.24) is 5.32 Å². The van der Waals surface area contributed by atoms with Gasteiger partial charge in [0.25, 0.3) is 5.91 Å². The zero-order valence-electron chi connectivity index (χ0n) is 10.9. The number of nitrogens with one attached hydrogen (secondary N) is 1. The van der Waals surface area contributed by atoms with Gasteiger partial charge in [0.05, 0.1) is 10.0 Å². The highest BCUT2D eigenvalue weighted by Gasteiger charge is 2.17. The molecule has 6 heteroatoms. The topological polar surface area (TPSA) is 75.6 Å². The van der Waals surface area contributed by atoms with E-state index in [0.717, 1.165) is 25.7 Å². The van der Waals surface area contributed by atoms with Gasteiger partial charge in [-0.2, -0.15) is 0 Å². The van der Waals surface area contributed by atoms with E-state index in [2.05, 4.69) is 21.2 Å². The number of benzene rings is 1. The Balaban J connectivity index is 1.86. The number of hydrogen-bond acceptors (Lipinski definition) is 3. The SMILES string of the molecule is O=C(COc1ccc(C(=O)O)cc1Br)NC1CCCC1. The predicted octanol–water partition coefficient (Wildman–Crippen LogP) is 2.58. The molecule has 1 aliphatic rings. The summed E-state index contributed by atoms with van der Waals surface area (Å²) in [5.41, 5.74) is 0.166. The fourth-order valence-electron chi connectivity index (χ4n) is 2.23. The second kappa shape index (κ2) is 6.74. The first-order chi connectivity index (χ1) is 9.56. The van der Waals surface area contributed by atoms with Gasteiger partial charge in [-0.05, 0) is 47.0 Å². The number of carbonyl (C=O) groups excluding carboxylic acids is 1. The lowest BCUT2D eigenvalue weighted by Crippen LogP contribution is -2.36. The minimum absolute atomic E-state index is 0.0679. The van der Waals surface area contributed by atoms with Crippen molar-refractivity contribution in [3.05, 3.63) is 28.2 Å². The fraction of sp³-hybridized carbons (Fsp3) is 0.429. The van der Waals surface area contributed by atoms with E-state index in [1.54, 1.807) is 0 Å². The summed E-state index contributed by atoms with van der Waals surface area (Å²) in [6, 6.07) is 4.70. The highest BCUT2D eigenvalue weighted by Crippen LogP contribution is 2.26. The smallest absolute Gasteiger partial charge is 0.335 e. The van der Waals surface area contributed by atoms with Crippen LogP contribution in [0.5, 0.6) is 5.75 Å². The Kier molecular flexibility index (Phi) is 5.00. The standard InChI is InChI=1S/C14H16BrNO4/c15-11-7-9(14(18)19)5-6-12(11)20-8-13(17)16-10-3-1-2-4-10/h5-7,10H,1-4,8H2,(H,16,17)(H,18,19). The Hall–Kier alpha value is -1.56. The molecule has 0 unspecified atom stereocenters. The summed E-state index contributed by atoms with van der Waals surface area (Å²) >= 11 is 3.23. The van der Waals surface area contributed by atoms with Crippen LogP contribution in [-0.2, 0) is 4.79 Å². The minimum atomic E-state index is -1.00. The fourth-order valence-corrected chi connectivity index (χ4v) is 2.73. The molecule has 0 aliphatic heterocycles. The molecule has 1 aliphatic carbocycles. The molecule has 0 aromatic heterocycles. The summed E-state index contributed by atoms with van der Waals surface area (Å²) in [5.74, 6) is -0.695. The third kappa shape index (κ3) is 3.96. The molecule has 1 saturated carbocycles. The van der Waals surface area contributed by atoms with E-state index < -0.39 is 5.97 Å². The molecule has 2 N–H and O–H groups in total. The Morgan fingerprint density at radius 1 is 1.35 bits per heavy atom. The number of carboxylic acid groups (broad SMARTS) is 1. The van der Waals surface area contributed by atoms with Crippen molar-refractivity contribution in [2.45, 2.75) is 31.7 Å². The number of carbonyl (C=O) groups is 2. The average molecular weight is 342 g/mol. The summed E-state index contributed by atoms with van der Waals surface area (Å²) in [6.07, 6.45) is 4.38. The van der Waals surface area contributed by atoms with Crippen molar-refractivity contribution >= 4 is 27.8 Å². The van der Waals surface area contributed by atoms with Crippen LogP contribution in [0, 0.1) is 0 Å². The Bertz CT molecular complexity index is 512. The molecule has 108 valence electrons. The Labute approximate surface area is 125 Å². The van der Waals surface area contributed by atoms with Gasteiger partial charge in [0.1, 0.15) is 5.75 Å². The maximum absolute atomic E-state index is 11.7. The van der Waals surface area contributed by atoms with Crippen molar-refractivity contribution in [3.63, 3.8) is 0 Å². The third-order valence-corrected chi connectivity index (χ3v) is 3.88. The number of amides is 1. The van der Waals surface area contributed by atoms with E-state index in [1.807, 2.05) is 0 Å². The van der Waals surface area contributed by atoms with Crippen LogP contribution in [0.2, 0.25) is 0 Å². The monoisotopic (exact) mass is 341 g/mol. The first-order valence-corrected chi connectivity index (χ1v) is 7.30. The van der Waals surface area contributed by atoms with Crippen LogP contribution in [0.25, 0.3) is 0 Å². The molecule has 0 heterocycles. The average Bonchev–Trinajstić information content (AvgIpc) is 2.90. The van der Waals surface area contributed by atoms with Crippen molar-refractivity contribution in [2.24, 2.45) is 0 Å². The maximum Gasteiger partial charge on any atom is 0.335 e. The van der Waals surface area contributed by atoms with Crippen LogP contribution in [-0.4, -0.2) is 29.6 Å². The van der Waals surface area contributed by atoms with Crippen molar-refractivity contribution in [1.29, 1.82) is 0 Å². The molecule has 0 bridgehead atoms. The molecule has 0 atom stereocenters. The van der Waals surface area contributed by atoms with Crippen molar-refractivity contribution in [2.75, 3.05) is 6.61 Å². The molecule has 0 radical (unpaired) electrons. The van der Waals surface area contributed by atoms with Gasteiger partial charge in [-0.1, -0.05) is 12.8 Å². The minimum Gasteiger partial charge on any atom is -0.483 e. The zero-order valence-corrected chi connectivity index (χ0v) is 12.5. The molecule has 0 saturated heterocycles. The lowest BCUT2D eigenvalue weighted by molar-refractivity contribution is -0.123. The van der Waals surface area contributed by atoms with Crippen LogP contribution in [0.3, 0.4) is 0 Å². The normalized spacial score (nSPS) is 15.1. The van der Waals surface area contributed by atoms with Crippen molar-refractivity contribution < 1.29 is 19.4 Å². The Morgan fingerprint density at radius 2 is 2.05 bits per heavy atom. The maximum atomic E-state index is 11.7. The molecule has 1 fully saturated rings. The molecular formula is C14H16BrNO4. The summed E-state index contributed by atoms with van der Waals surface area (Å²) in [6.45, 7) is -0.0679. The van der Waals surface area contributed by atoms with E-state index in [0.29, 0.717) is 10.2 Å². The number of rotatable bonds is 5. The lowest BCUT2D eigenvalue weighted by Gasteiger charge is -2.13. The predicted molar refractivity (Wildman–Crippen MR) is 77.0 cm³/mol. The van der Waals surface area contributed by atoms with Crippen molar-refractivity contribution in [3.8, 4) is 5.75 Å². The van der Waals surface area contributed by atoms with Crippen LogP contribution in [0.1, 0.15) is 36.0 Å². The van der Waals surface area contributed by atoms with Gasteiger partial charge < -0.3 is 15.2 Å². The van der Waals surface area contributed by atoms with E-state index in [4.69, 9.17) is 9.84 Å². The van der Waals surface area contributed by atoms with Gasteiger partial charge in [-0.3, -0.25) is 4.79 Å². The third-order valence-electron chi connectivity index (χ3n) is 3.26. The molecule has 2 rings (SSSR count). The van der Waals surface area contributed by atoms with Gasteiger partial charge in [0.15, 0.2) is 6.61 Å². The molecule has 1 amide bonds. The first-order valence-electron chi connectivity index (χ1n) is 6.51. The number of ether oxygens (including phenoxy) is 1. The summed E-state index contributed by atoms with van der Waals surface area (Å²) < 4.78 is 5.91. The Morgan fingerprint density at radius 3 is 2.65 bits per heavy atom. The number of halogens is 1. The van der Waals surface area contributed by atoms with Crippen LogP contribution in [0.4, 0.5) is 0 Å². The molecule has 5 nitrogen and oxygen atoms in total. The second-order valence-electron chi connectivity index (χ2n) is 4.79. The van der Waals surface area contributed by atoms with E-state index in [-0.39, 0.29) is 24.1 Å². The number of hydrogen-bond donors (Lipinski definition) is 2. The summed E-state index contributed by atoms with van der Waals surface area (Å²) in [5, 5.41) is 11.8. The van der Waals surface area contributed by atoms with Crippen LogP contribution in [0.15, 0.2) is 22.7 Å². The second-order valence-corrected chi connectivity index (χ2v) is 5.64. The van der Waals surface area contributed by atoms with Gasteiger partial charge >= 0.3 is 5.97 Å². The number of aromatic carboxylic acids is 1. The first kappa shape index (κ1) is 14.8. The van der Waals surface area contributed by atoms with E-state index in [1.165, 1.54) is 18.2 Å². The van der Waals surface area contributed by atoms with Gasteiger partial charge in [0.2, 0.25) is 0 Å². The van der Waals surface area contributed by atoms with Crippen LogP contribution < -0.4 is 10.1 Å². The molecule has 0 spiro atoms. The van der Waals surface area contributed by atoms with Gasteiger partial charge in [-0.15, -0.1) is 0 Å². The quantitative estimate of drug-likeness (QED) is 0.862. The van der Waals surface area contributed by atoms with Gasteiger partial charge in [0, 0.05) is 6.04 Å². The molecule has 1 aromatic rings. The van der Waals surface area contributed by atoms with E-state index >= 15 is 0 Å². The molecule has 1 aromatic carbocycles.